The molecule has 29 heavy (non-hydrogen) atoms. The number of aryl methyl sites for hydroxylation is 1. The summed E-state index contributed by atoms with van der Waals surface area (Å²) >= 11 is 3.19. The third kappa shape index (κ3) is 6.23. The first-order valence-corrected chi connectivity index (χ1v) is 11.0. The number of hydrogen-bond donors (Lipinski definition) is 1. The van der Waals surface area contributed by atoms with E-state index in [-0.39, 0.29) is 10.7 Å². The number of hydrogen-bond acceptors (Lipinski definition) is 6. The lowest BCUT2D eigenvalue weighted by atomic mass is 10.1. The van der Waals surface area contributed by atoms with Crippen LogP contribution in [-0.4, -0.2) is 51.6 Å². The fraction of sp³-hybridized carbons (Fsp3) is 0.368. The molecule has 0 unspecified atom stereocenters. The van der Waals surface area contributed by atoms with Crippen molar-refractivity contribution >= 4 is 37.7 Å². The number of ether oxygens (including phenoxy) is 2. The van der Waals surface area contributed by atoms with Crippen molar-refractivity contribution in [2.24, 2.45) is 0 Å². The van der Waals surface area contributed by atoms with Gasteiger partial charge in [0.15, 0.2) is 6.61 Å². The van der Waals surface area contributed by atoms with Crippen molar-refractivity contribution in [2.75, 3.05) is 26.9 Å². The summed E-state index contributed by atoms with van der Waals surface area (Å²) in [6.45, 7) is 3.77. The number of nitrogens with one attached hydrogen (secondary N) is 1. The van der Waals surface area contributed by atoms with Crippen LogP contribution in [0.1, 0.15) is 21.7 Å². The number of carbonyl (C=O) groups excluding carboxylic acids is 2. The summed E-state index contributed by atoms with van der Waals surface area (Å²) in [5.41, 5.74) is 2.12. The van der Waals surface area contributed by atoms with Crippen LogP contribution < -0.4 is 4.72 Å². The summed E-state index contributed by atoms with van der Waals surface area (Å²) in [7, 11) is -2.27. The lowest BCUT2D eigenvalue weighted by molar-refractivity contribution is -0.141. The van der Waals surface area contributed by atoms with Crippen molar-refractivity contribution in [1.82, 2.24) is 9.29 Å². The molecule has 0 aliphatic heterocycles. The molecule has 0 saturated carbocycles. The second kappa shape index (κ2) is 10.1. The van der Waals surface area contributed by atoms with Crippen LogP contribution in [-0.2, 0) is 30.8 Å². The monoisotopic (exact) mass is 486 g/mol. The van der Waals surface area contributed by atoms with Crippen LogP contribution in [0.15, 0.2) is 39.7 Å². The normalized spacial score (nSPS) is 11.4. The average Bonchev–Trinajstić information content (AvgIpc) is 2.96. The van der Waals surface area contributed by atoms with Gasteiger partial charge in [0.1, 0.15) is 6.54 Å². The number of benzene rings is 1. The molecule has 10 heteroatoms. The first-order chi connectivity index (χ1) is 13.7. The van der Waals surface area contributed by atoms with Crippen LogP contribution in [0.2, 0.25) is 0 Å². The lowest BCUT2D eigenvalue weighted by Crippen LogP contribution is -2.31. The standard InChI is InChI=1S/C19H23BrN2O6S/c1-13-9-17(14(2)22(13)7-8-27-3)18(23)12-28-19(24)11-21-29(25,26)16-6-4-5-15(20)10-16/h4-6,9-10,21H,7-8,11-12H2,1-3H3. The molecule has 0 aliphatic rings. The topological polar surface area (TPSA) is 104 Å². The zero-order valence-electron chi connectivity index (χ0n) is 16.4. The number of ketones is 1. The Bertz CT molecular complexity index is 1000. The van der Waals surface area contributed by atoms with Gasteiger partial charge in [0.25, 0.3) is 0 Å². The number of aromatic nitrogens is 1. The Balaban J connectivity index is 1.91. The van der Waals surface area contributed by atoms with Crippen LogP contribution in [0.4, 0.5) is 0 Å². The minimum Gasteiger partial charge on any atom is -0.456 e. The second-order valence-corrected chi connectivity index (χ2v) is 8.98. The van der Waals surface area contributed by atoms with Crippen LogP contribution >= 0.6 is 15.9 Å². The molecular weight excluding hydrogens is 464 g/mol. The molecule has 0 atom stereocenters. The zero-order chi connectivity index (χ0) is 21.6. The highest BCUT2D eigenvalue weighted by Crippen LogP contribution is 2.17. The summed E-state index contributed by atoms with van der Waals surface area (Å²) in [5, 5.41) is 0. The molecule has 2 aromatic rings. The molecule has 158 valence electrons. The van der Waals surface area contributed by atoms with Gasteiger partial charge in [-0.05, 0) is 38.1 Å². The summed E-state index contributed by atoms with van der Waals surface area (Å²) in [6.07, 6.45) is 0. The maximum atomic E-state index is 12.4. The van der Waals surface area contributed by atoms with Gasteiger partial charge in [0, 0.05) is 35.1 Å². The third-order valence-corrected chi connectivity index (χ3v) is 6.16. The Morgan fingerprint density at radius 3 is 2.59 bits per heavy atom. The van der Waals surface area contributed by atoms with Gasteiger partial charge in [-0.2, -0.15) is 4.72 Å². The van der Waals surface area contributed by atoms with Gasteiger partial charge >= 0.3 is 5.97 Å². The molecule has 1 aromatic heterocycles. The SMILES string of the molecule is COCCn1c(C)cc(C(=O)COC(=O)CNS(=O)(=O)c2cccc(Br)c2)c1C. The van der Waals surface area contributed by atoms with E-state index in [1.54, 1.807) is 25.3 Å². The van der Waals surface area contributed by atoms with E-state index >= 15 is 0 Å². The van der Waals surface area contributed by atoms with E-state index in [9.17, 15) is 18.0 Å². The van der Waals surface area contributed by atoms with Gasteiger partial charge in [-0.15, -0.1) is 0 Å². The molecule has 0 spiro atoms. The molecule has 1 aromatic carbocycles. The predicted molar refractivity (Wildman–Crippen MR) is 110 cm³/mol. The van der Waals surface area contributed by atoms with Crippen molar-refractivity contribution in [3.05, 3.63) is 51.8 Å². The lowest BCUT2D eigenvalue weighted by Gasteiger charge is -2.09. The highest BCUT2D eigenvalue weighted by atomic mass is 79.9. The van der Waals surface area contributed by atoms with Gasteiger partial charge in [-0.25, -0.2) is 8.42 Å². The maximum absolute atomic E-state index is 12.4. The van der Waals surface area contributed by atoms with E-state index in [1.807, 2.05) is 18.4 Å². The summed E-state index contributed by atoms with van der Waals surface area (Å²) in [4.78, 5) is 24.3. The minimum absolute atomic E-state index is 0.0132. The molecule has 0 radical (unpaired) electrons. The van der Waals surface area contributed by atoms with E-state index in [0.29, 0.717) is 23.2 Å². The summed E-state index contributed by atoms with van der Waals surface area (Å²) in [5.74, 6) is -1.20. The van der Waals surface area contributed by atoms with Gasteiger partial charge < -0.3 is 14.0 Å². The Morgan fingerprint density at radius 1 is 1.21 bits per heavy atom. The maximum Gasteiger partial charge on any atom is 0.321 e. The molecule has 0 bridgehead atoms. The van der Waals surface area contributed by atoms with Crippen molar-refractivity contribution in [1.29, 1.82) is 0 Å². The first kappa shape index (κ1) is 23.3. The zero-order valence-corrected chi connectivity index (χ0v) is 18.8. The summed E-state index contributed by atoms with van der Waals surface area (Å²) in [6, 6.07) is 7.80. The number of halogens is 1. The minimum atomic E-state index is -3.87. The van der Waals surface area contributed by atoms with Gasteiger partial charge in [0.2, 0.25) is 15.8 Å². The number of carbonyl (C=O) groups is 2. The van der Waals surface area contributed by atoms with Gasteiger partial charge in [0.05, 0.1) is 11.5 Å². The van der Waals surface area contributed by atoms with Crippen molar-refractivity contribution in [2.45, 2.75) is 25.3 Å². The molecule has 0 aliphatic carbocycles. The molecule has 8 nitrogen and oxygen atoms in total. The quantitative estimate of drug-likeness (QED) is 0.407. The second-order valence-electron chi connectivity index (χ2n) is 6.30. The van der Waals surface area contributed by atoms with Crippen LogP contribution in [0.5, 0.6) is 0 Å². The highest BCUT2D eigenvalue weighted by Gasteiger charge is 2.19. The number of esters is 1. The molecule has 1 heterocycles. The van der Waals surface area contributed by atoms with E-state index in [0.717, 1.165) is 11.4 Å². The van der Waals surface area contributed by atoms with Crippen LogP contribution in [0, 0.1) is 13.8 Å². The number of sulfonamides is 1. The van der Waals surface area contributed by atoms with Crippen molar-refractivity contribution in [3.63, 3.8) is 0 Å². The molecule has 2 rings (SSSR count). The molecule has 0 saturated heterocycles. The smallest absolute Gasteiger partial charge is 0.321 e. The largest absolute Gasteiger partial charge is 0.456 e. The summed E-state index contributed by atoms with van der Waals surface area (Å²) < 4.78 is 39.1. The van der Waals surface area contributed by atoms with Crippen molar-refractivity contribution in [3.8, 4) is 0 Å². The number of rotatable bonds is 10. The fourth-order valence-electron chi connectivity index (χ4n) is 2.76. The molecule has 0 fully saturated rings. The number of methoxy groups -OCH3 is 1. The number of nitrogens with zero attached hydrogens (tertiary/aromatic N) is 1. The Morgan fingerprint density at radius 2 is 1.93 bits per heavy atom. The predicted octanol–water partition coefficient (Wildman–Crippen LogP) is 2.22. The highest BCUT2D eigenvalue weighted by molar-refractivity contribution is 9.10. The van der Waals surface area contributed by atoms with E-state index in [2.05, 4.69) is 20.7 Å². The first-order valence-electron chi connectivity index (χ1n) is 8.75. The third-order valence-electron chi connectivity index (χ3n) is 4.27. The van der Waals surface area contributed by atoms with Crippen LogP contribution in [0.25, 0.3) is 0 Å². The van der Waals surface area contributed by atoms with E-state index in [1.165, 1.54) is 12.1 Å². The van der Waals surface area contributed by atoms with Crippen LogP contribution in [0.3, 0.4) is 0 Å². The number of Topliss-reactive ketones (excluding diaryl/α,β-unsaturated/α-hetero) is 1. The van der Waals surface area contributed by atoms with Gasteiger partial charge in [-0.1, -0.05) is 22.0 Å². The van der Waals surface area contributed by atoms with E-state index in [4.69, 9.17) is 9.47 Å². The fourth-order valence-corrected chi connectivity index (χ4v) is 4.32. The molecule has 1 N–H and O–H groups in total. The van der Waals surface area contributed by atoms with Crippen molar-refractivity contribution < 1.29 is 27.5 Å². The van der Waals surface area contributed by atoms with E-state index < -0.39 is 29.1 Å². The molecule has 0 amide bonds. The molecular formula is C19H23BrN2O6S. The Hall–Kier alpha value is -2.01. The Labute approximate surface area is 178 Å². The average molecular weight is 487 g/mol. The van der Waals surface area contributed by atoms with Gasteiger partial charge in [-0.3, -0.25) is 9.59 Å². The Kier molecular flexibility index (Phi) is 8.14.